The fourth-order valence-corrected chi connectivity index (χ4v) is 7.12. The highest BCUT2D eigenvalue weighted by Gasteiger charge is 2.37. The molecular weight excluding hydrogens is 554 g/mol. The fourth-order valence-electron chi connectivity index (χ4n) is 5.49. The Bertz CT molecular complexity index is 1820. The summed E-state index contributed by atoms with van der Waals surface area (Å²) in [4.78, 5) is 44.9. The van der Waals surface area contributed by atoms with Crippen LogP contribution in [-0.2, 0) is 16.4 Å². The van der Waals surface area contributed by atoms with Crippen LogP contribution in [0.15, 0.2) is 93.3 Å². The lowest BCUT2D eigenvalue weighted by Crippen LogP contribution is -2.50. The molecule has 1 fully saturated rings. The van der Waals surface area contributed by atoms with Crippen LogP contribution in [0, 0.1) is 13.8 Å². The van der Waals surface area contributed by atoms with Crippen LogP contribution in [0.5, 0.6) is 0 Å². The van der Waals surface area contributed by atoms with Crippen LogP contribution in [0.2, 0.25) is 0 Å². The molecule has 10 heteroatoms. The summed E-state index contributed by atoms with van der Waals surface area (Å²) in [5.41, 5.74) is 3.36. The van der Waals surface area contributed by atoms with Crippen molar-refractivity contribution in [2.45, 2.75) is 30.2 Å². The maximum absolute atomic E-state index is 14.0. The van der Waals surface area contributed by atoms with Gasteiger partial charge in [0.2, 0.25) is 9.84 Å². The maximum atomic E-state index is 14.0. The van der Waals surface area contributed by atoms with Gasteiger partial charge >= 0.3 is 0 Å². The molecule has 3 amide bonds. The Kier molecular flexibility index (Phi) is 6.94. The van der Waals surface area contributed by atoms with Gasteiger partial charge in [-0.2, -0.15) is 0 Å². The van der Waals surface area contributed by atoms with E-state index in [9.17, 15) is 22.8 Å². The molecule has 1 saturated heterocycles. The minimum absolute atomic E-state index is 0.0310. The minimum atomic E-state index is -4.06. The Labute approximate surface area is 243 Å². The van der Waals surface area contributed by atoms with Gasteiger partial charge < -0.3 is 19.1 Å². The van der Waals surface area contributed by atoms with Crippen molar-refractivity contribution in [3.63, 3.8) is 0 Å². The summed E-state index contributed by atoms with van der Waals surface area (Å²) in [5.74, 6) is -0.747. The zero-order chi connectivity index (χ0) is 29.6. The molecule has 2 aliphatic heterocycles. The van der Waals surface area contributed by atoms with Crippen molar-refractivity contribution in [1.29, 1.82) is 0 Å². The van der Waals surface area contributed by atoms with Gasteiger partial charge in [0.15, 0.2) is 5.76 Å². The third-order valence-electron chi connectivity index (χ3n) is 7.86. The molecule has 3 heterocycles. The molecule has 0 spiro atoms. The van der Waals surface area contributed by atoms with Crippen LogP contribution in [0.25, 0.3) is 0 Å². The van der Waals surface area contributed by atoms with E-state index in [1.807, 2.05) is 32.0 Å². The van der Waals surface area contributed by atoms with E-state index in [4.69, 9.17) is 4.42 Å². The highest BCUT2D eigenvalue weighted by Crippen LogP contribution is 2.38. The van der Waals surface area contributed by atoms with Crippen molar-refractivity contribution < 1.29 is 27.2 Å². The van der Waals surface area contributed by atoms with E-state index >= 15 is 0 Å². The van der Waals surface area contributed by atoms with Crippen LogP contribution < -0.4 is 4.90 Å². The van der Waals surface area contributed by atoms with Crippen LogP contribution >= 0.6 is 0 Å². The molecule has 4 aromatic rings. The molecule has 6 rings (SSSR count). The van der Waals surface area contributed by atoms with E-state index in [1.165, 1.54) is 41.5 Å². The molecule has 0 radical (unpaired) electrons. The number of sulfone groups is 1. The minimum Gasteiger partial charge on any atom is -0.459 e. The lowest BCUT2D eigenvalue weighted by molar-refractivity contribution is 0.0518. The van der Waals surface area contributed by atoms with Crippen LogP contribution in [-0.4, -0.2) is 62.1 Å². The first-order valence-corrected chi connectivity index (χ1v) is 15.1. The summed E-state index contributed by atoms with van der Waals surface area (Å²) in [6, 6.07) is 19.8. The number of hydrogen-bond donors (Lipinski definition) is 0. The van der Waals surface area contributed by atoms with E-state index in [-0.39, 0.29) is 50.7 Å². The van der Waals surface area contributed by atoms with Crippen molar-refractivity contribution in [2.24, 2.45) is 0 Å². The standard InChI is InChI=1S/C32H29N3O6S/c1-21-9-10-22(2)24(18-21)20-35-26-19-23(11-12-29(26)42(39,40)28-8-4-3-6-25(28)31(35)37)30(36)33-13-15-34(16-14-33)32(38)27-7-5-17-41-27/h3-12,17-19H,13-16,20H2,1-2H3. The number of rotatable bonds is 4. The van der Waals surface area contributed by atoms with E-state index in [0.29, 0.717) is 26.2 Å². The first-order chi connectivity index (χ1) is 20.1. The summed E-state index contributed by atoms with van der Waals surface area (Å²) < 4.78 is 32.9. The van der Waals surface area contributed by atoms with Crippen LogP contribution in [0.1, 0.15) is 48.0 Å². The van der Waals surface area contributed by atoms with E-state index in [1.54, 1.807) is 34.1 Å². The zero-order valence-electron chi connectivity index (χ0n) is 23.2. The molecule has 0 unspecified atom stereocenters. The second kappa shape index (κ2) is 10.6. The number of carbonyl (C=O) groups is 3. The summed E-state index contributed by atoms with van der Waals surface area (Å²) in [5, 5.41) is 0. The Morgan fingerprint density at radius 2 is 1.52 bits per heavy atom. The number of amides is 3. The quantitative estimate of drug-likeness (QED) is 0.350. The molecule has 0 N–H and O–H groups in total. The number of fused-ring (bicyclic) bond motifs is 2. The smallest absolute Gasteiger partial charge is 0.289 e. The number of benzene rings is 3. The van der Waals surface area contributed by atoms with Crippen molar-refractivity contribution >= 4 is 33.2 Å². The number of piperazine rings is 1. The Morgan fingerprint density at radius 1 is 0.810 bits per heavy atom. The molecule has 3 aromatic carbocycles. The van der Waals surface area contributed by atoms with E-state index < -0.39 is 15.7 Å². The van der Waals surface area contributed by atoms with Crippen LogP contribution in [0.4, 0.5) is 5.69 Å². The molecule has 9 nitrogen and oxygen atoms in total. The van der Waals surface area contributed by atoms with E-state index in [2.05, 4.69) is 0 Å². The van der Waals surface area contributed by atoms with Gasteiger partial charge in [0.05, 0.1) is 33.8 Å². The van der Waals surface area contributed by atoms with Gasteiger partial charge in [0.25, 0.3) is 17.7 Å². The Hall–Kier alpha value is -4.70. The zero-order valence-corrected chi connectivity index (χ0v) is 24.1. The third kappa shape index (κ3) is 4.77. The molecule has 1 aromatic heterocycles. The second-order valence-electron chi connectivity index (χ2n) is 10.6. The number of carbonyl (C=O) groups excluding carboxylic acids is 3. The van der Waals surface area contributed by atoms with Crippen LogP contribution in [0.3, 0.4) is 0 Å². The molecule has 214 valence electrons. The molecule has 0 aliphatic carbocycles. The first kappa shape index (κ1) is 27.5. The third-order valence-corrected chi connectivity index (χ3v) is 9.72. The van der Waals surface area contributed by atoms with Crippen molar-refractivity contribution in [3.05, 3.63) is 113 Å². The summed E-state index contributed by atoms with van der Waals surface area (Å²) >= 11 is 0. The average Bonchev–Trinajstić information content (AvgIpc) is 3.53. The molecular formula is C32H29N3O6S. The molecule has 0 atom stereocenters. The number of anilines is 1. The SMILES string of the molecule is Cc1ccc(C)c(CN2C(=O)c3ccccc3S(=O)(=O)c3ccc(C(=O)N4CCN(C(=O)c5ccco5)CC4)cc32)c1. The van der Waals surface area contributed by atoms with Crippen molar-refractivity contribution in [1.82, 2.24) is 9.80 Å². The molecule has 0 bridgehead atoms. The molecule has 42 heavy (non-hydrogen) atoms. The summed E-state index contributed by atoms with van der Waals surface area (Å²) in [7, 11) is -4.06. The second-order valence-corrected chi connectivity index (χ2v) is 12.5. The maximum Gasteiger partial charge on any atom is 0.289 e. The first-order valence-electron chi connectivity index (χ1n) is 13.6. The monoisotopic (exact) mass is 583 g/mol. The Balaban J connectivity index is 1.36. The van der Waals surface area contributed by atoms with Gasteiger partial charge in [-0.15, -0.1) is 0 Å². The average molecular weight is 584 g/mol. The van der Waals surface area contributed by atoms with Gasteiger partial charge in [0.1, 0.15) is 0 Å². The molecule has 2 aliphatic rings. The van der Waals surface area contributed by atoms with Gasteiger partial charge in [-0.25, -0.2) is 8.42 Å². The van der Waals surface area contributed by atoms with E-state index in [0.717, 1.165) is 16.7 Å². The largest absolute Gasteiger partial charge is 0.459 e. The van der Waals surface area contributed by atoms with Crippen molar-refractivity contribution in [3.8, 4) is 0 Å². The lowest BCUT2D eigenvalue weighted by atomic mass is 10.0. The molecule has 0 saturated carbocycles. The van der Waals surface area contributed by atoms with Gasteiger partial charge in [-0.05, 0) is 67.4 Å². The number of furan rings is 1. The van der Waals surface area contributed by atoms with Crippen molar-refractivity contribution in [2.75, 3.05) is 31.1 Å². The van der Waals surface area contributed by atoms with Gasteiger partial charge in [-0.3, -0.25) is 14.4 Å². The van der Waals surface area contributed by atoms with Gasteiger partial charge in [0, 0.05) is 31.7 Å². The predicted octanol–water partition coefficient (Wildman–Crippen LogP) is 4.49. The summed E-state index contributed by atoms with van der Waals surface area (Å²) in [6.45, 7) is 5.30. The number of nitrogens with zero attached hydrogens (tertiary/aromatic N) is 3. The van der Waals surface area contributed by atoms with Gasteiger partial charge in [-0.1, -0.05) is 35.9 Å². The fraction of sp³-hybridized carbons (Fsp3) is 0.219. The number of hydrogen-bond acceptors (Lipinski definition) is 6. The highest BCUT2D eigenvalue weighted by atomic mass is 32.2. The topological polar surface area (TPSA) is 108 Å². The number of aryl methyl sites for hydroxylation is 2. The predicted molar refractivity (Wildman–Crippen MR) is 155 cm³/mol. The summed E-state index contributed by atoms with van der Waals surface area (Å²) in [6.07, 6.45) is 1.44. The highest BCUT2D eigenvalue weighted by molar-refractivity contribution is 7.91. The Morgan fingerprint density at radius 3 is 2.24 bits per heavy atom. The normalized spacial score (nSPS) is 16.0. The lowest BCUT2D eigenvalue weighted by Gasteiger charge is -2.34.